The van der Waals surface area contributed by atoms with E-state index in [1.165, 1.54) is 12.1 Å². The second-order valence-corrected chi connectivity index (χ2v) is 5.62. The molecular weight excluding hydrogens is 284 g/mol. The van der Waals surface area contributed by atoms with Crippen LogP contribution in [0.15, 0.2) is 24.3 Å². The van der Waals surface area contributed by atoms with E-state index in [-0.39, 0.29) is 24.9 Å². The molecule has 1 saturated heterocycles. The van der Waals surface area contributed by atoms with Crippen LogP contribution in [0.2, 0.25) is 0 Å². The van der Waals surface area contributed by atoms with Crippen LogP contribution in [0.5, 0.6) is 0 Å². The van der Waals surface area contributed by atoms with Crippen molar-refractivity contribution in [3.05, 3.63) is 35.6 Å². The minimum atomic E-state index is -4.18. The fourth-order valence-electron chi connectivity index (χ4n) is 2.65. The standard InChI is InChI=1S/C15H20F4N2/c1-11(8-12-2-4-14(16)5-3-12)21-7-6-20-9-13(10-21)15(17,18)19/h2-5,11,13,20H,6-10H2,1H3. The molecule has 1 aromatic carbocycles. The van der Waals surface area contributed by atoms with Crippen molar-refractivity contribution in [2.45, 2.75) is 25.6 Å². The van der Waals surface area contributed by atoms with Gasteiger partial charge in [0.1, 0.15) is 5.82 Å². The maximum Gasteiger partial charge on any atom is 0.394 e. The van der Waals surface area contributed by atoms with E-state index >= 15 is 0 Å². The van der Waals surface area contributed by atoms with E-state index in [4.69, 9.17) is 0 Å². The Kier molecular flexibility index (Phi) is 5.22. The molecule has 0 spiro atoms. The van der Waals surface area contributed by atoms with Crippen molar-refractivity contribution >= 4 is 0 Å². The first-order chi connectivity index (χ1) is 9.86. The number of benzene rings is 1. The quantitative estimate of drug-likeness (QED) is 0.864. The molecule has 0 bridgehead atoms. The van der Waals surface area contributed by atoms with Crippen molar-refractivity contribution in [3.63, 3.8) is 0 Å². The molecular formula is C15H20F4N2. The van der Waals surface area contributed by atoms with Gasteiger partial charge in [-0.05, 0) is 31.0 Å². The second kappa shape index (κ2) is 6.75. The molecule has 1 aliphatic rings. The van der Waals surface area contributed by atoms with Gasteiger partial charge in [-0.3, -0.25) is 4.90 Å². The van der Waals surface area contributed by atoms with Gasteiger partial charge in [-0.15, -0.1) is 0 Å². The number of nitrogens with zero attached hydrogens (tertiary/aromatic N) is 1. The first-order valence-electron chi connectivity index (χ1n) is 7.12. The Hall–Kier alpha value is -1.14. The Balaban J connectivity index is 1.99. The predicted octanol–water partition coefficient (Wildman–Crippen LogP) is 2.84. The largest absolute Gasteiger partial charge is 0.394 e. The van der Waals surface area contributed by atoms with Gasteiger partial charge in [0, 0.05) is 32.2 Å². The van der Waals surface area contributed by atoms with E-state index < -0.39 is 12.1 Å². The van der Waals surface area contributed by atoms with Gasteiger partial charge in [0.2, 0.25) is 0 Å². The van der Waals surface area contributed by atoms with Crippen molar-refractivity contribution in [1.29, 1.82) is 0 Å². The lowest BCUT2D eigenvalue weighted by Crippen LogP contribution is -2.42. The molecule has 0 amide bonds. The molecule has 1 aromatic rings. The zero-order valence-corrected chi connectivity index (χ0v) is 12.0. The average molecular weight is 304 g/mol. The molecule has 2 nitrogen and oxygen atoms in total. The highest BCUT2D eigenvalue weighted by molar-refractivity contribution is 5.17. The molecule has 1 fully saturated rings. The van der Waals surface area contributed by atoms with E-state index in [0.717, 1.165) is 5.56 Å². The second-order valence-electron chi connectivity index (χ2n) is 5.62. The van der Waals surface area contributed by atoms with Crippen molar-refractivity contribution in [3.8, 4) is 0 Å². The molecule has 2 rings (SSSR count). The summed E-state index contributed by atoms with van der Waals surface area (Å²) in [5.74, 6) is -1.64. The number of halogens is 4. The summed E-state index contributed by atoms with van der Waals surface area (Å²) in [7, 11) is 0. The van der Waals surface area contributed by atoms with Gasteiger partial charge in [-0.2, -0.15) is 13.2 Å². The minimum absolute atomic E-state index is 0.0128. The molecule has 118 valence electrons. The number of hydrogen-bond acceptors (Lipinski definition) is 2. The monoisotopic (exact) mass is 304 g/mol. The van der Waals surface area contributed by atoms with E-state index in [1.54, 1.807) is 12.1 Å². The molecule has 0 aliphatic carbocycles. The Morgan fingerprint density at radius 1 is 1.29 bits per heavy atom. The Bertz CT molecular complexity index is 444. The number of hydrogen-bond donors (Lipinski definition) is 1. The van der Waals surface area contributed by atoms with Crippen LogP contribution in [-0.2, 0) is 6.42 Å². The molecule has 0 radical (unpaired) electrons. The smallest absolute Gasteiger partial charge is 0.315 e. The highest BCUT2D eigenvalue weighted by Gasteiger charge is 2.41. The summed E-state index contributed by atoms with van der Waals surface area (Å²) in [6.45, 7) is 3.06. The molecule has 0 saturated carbocycles. The summed E-state index contributed by atoms with van der Waals surface area (Å²) in [4.78, 5) is 1.86. The number of rotatable bonds is 3. The average Bonchev–Trinajstić information content (AvgIpc) is 2.67. The molecule has 6 heteroatoms. The topological polar surface area (TPSA) is 15.3 Å². The zero-order chi connectivity index (χ0) is 15.5. The van der Waals surface area contributed by atoms with E-state index in [0.29, 0.717) is 19.5 Å². The SMILES string of the molecule is CC(Cc1ccc(F)cc1)N1CCNCC(C(F)(F)F)C1. The van der Waals surface area contributed by atoms with E-state index in [9.17, 15) is 17.6 Å². The van der Waals surface area contributed by atoms with Crippen LogP contribution in [0.25, 0.3) is 0 Å². The van der Waals surface area contributed by atoms with Gasteiger partial charge in [0.05, 0.1) is 5.92 Å². The molecule has 0 aromatic heterocycles. The lowest BCUT2D eigenvalue weighted by molar-refractivity contribution is -0.176. The lowest BCUT2D eigenvalue weighted by Gasteiger charge is -2.30. The predicted molar refractivity (Wildman–Crippen MR) is 73.6 cm³/mol. The number of alkyl halides is 3. The molecule has 1 heterocycles. The van der Waals surface area contributed by atoms with E-state index in [2.05, 4.69) is 5.32 Å². The van der Waals surface area contributed by atoms with Crippen LogP contribution >= 0.6 is 0 Å². The van der Waals surface area contributed by atoms with Gasteiger partial charge in [-0.1, -0.05) is 12.1 Å². The molecule has 2 unspecified atom stereocenters. The summed E-state index contributed by atoms with van der Waals surface area (Å²) in [6.07, 6.45) is -3.56. The highest BCUT2D eigenvalue weighted by atomic mass is 19.4. The maximum atomic E-state index is 12.9. The minimum Gasteiger partial charge on any atom is -0.315 e. The first kappa shape index (κ1) is 16.2. The van der Waals surface area contributed by atoms with Gasteiger partial charge in [-0.25, -0.2) is 4.39 Å². The highest BCUT2D eigenvalue weighted by Crippen LogP contribution is 2.28. The lowest BCUT2D eigenvalue weighted by atomic mass is 10.0. The Labute approximate surface area is 122 Å². The third-order valence-corrected chi connectivity index (χ3v) is 3.95. The Morgan fingerprint density at radius 3 is 2.57 bits per heavy atom. The fourth-order valence-corrected chi connectivity index (χ4v) is 2.65. The van der Waals surface area contributed by atoms with Gasteiger partial charge >= 0.3 is 6.18 Å². The van der Waals surface area contributed by atoms with Gasteiger partial charge < -0.3 is 5.32 Å². The maximum absolute atomic E-state index is 12.9. The summed E-state index contributed by atoms with van der Waals surface area (Å²) in [5, 5.41) is 2.85. The summed E-state index contributed by atoms with van der Waals surface area (Å²) >= 11 is 0. The zero-order valence-electron chi connectivity index (χ0n) is 12.0. The van der Waals surface area contributed by atoms with Crippen LogP contribution in [0, 0.1) is 11.7 Å². The van der Waals surface area contributed by atoms with Crippen LogP contribution in [0.4, 0.5) is 17.6 Å². The van der Waals surface area contributed by atoms with Crippen molar-refractivity contribution in [2.24, 2.45) is 5.92 Å². The van der Waals surface area contributed by atoms with Crippen molar-refractivity contribution in [1.82, 2.24) is 10.2 Å². The third-order valence-electron chi connectivity index (χ3n) is 3.95. The number of nitrogens with one attached hydrogen (secondary N) is 1. The summed E-state index contributed by atoms with van der Waals surface area (Å²) < 4.78 is 51.6. The molecule has 21 heavy (non-hydrogen) atoms. The molecule has 2 atom stereocenters. The normalized spacial score (nSPS) is 22.8. The summed E-state index contributed by atoms with van der Waals surface area (Å²) in [6, 6.07) is 6.11. The van der Waals surface area contributed by atoms with Gasteiger partial charge in [0.25, 0.3) is 0 Å². The van der Waals surface area contributed by atoms with Crippen LogP contribution in [-0.4, -0.2) is 43.3 Å². The van der Waals surface area contributed by atoms with Crippen molar-refractivity contribution < 1.29 is 17.6 Å². The first-order valence-corrected chi connectivity index (χ1v) is 7.12. The molecule has 1 N–H and O–H groups in total. The van der Waals surface area contributed by atoms with Gasteiger partial charge in [0.15, 0.2) is 0 Å². The fraction of sp³-hybridized carbons (Fsp3) is 0.600. The van der Waals surface area contributed by atoms with Crippen LogP contribution < -0.4 is 5.32 Å². The molecule has 1 aliphatic heterocycles. The Morgan fingerprint density at radius 2 is 1.95 bits per heavy atom. The summed E-state index contributed by atoms with van der Waals surface area (Å²) in [5.41, 5.74) is 0.935. The third kappa shape index (κ3) is 4.68. The van der Waals surface area contributed by atoms with E-state index in [1.807, 2.05) is 11.8 Å². The van der Waals surface area contributed by atoms with Crippen LogP contribution in [0.3, 0.4) is 0 Å². The van der Waals surface area contributed by atoms with Crippen molar-refractivity contribution in [2.75, 3.05) is 26.2 Å². The van der Waals surface area contributed by atoms with Crippen LogP contribution in [0.1, 0.15) is 12.5 Å².